The van der Waals surface area contributed by atoms with E-state index in [-0.39, 0.29) is 13.2 Å². The number of rotatable bonds is 4. The molecule has 0 aromatic heterocycles. The van der Waals surface area contributed by atoms with E-state index in [0.29, 0.717) is 11.1 Å². The average Bonchev–Trinajstić information content (AvgIpc) is 2.13. The summed E-state index contributed by atoms with van der Waals surface area (Å²) in [5.74, 6) is 0. The highest BCUT2D eigenvalue weighted by Gasteiger charge is 2.35. The summed E-state index contributed by atoms with van der Waals surface area (Å²) >= 11 is 0. The number of phosphoric acid groups is 1. The van der Waals surface area contributed by atoms with Gasteiger partial charge in [0.1, 0.15) is 0 Å². The van der Waals surface area contributed by atoms with Gasteiger partial charge >= 0.3 is 0 Å². The Morgan fingerprint density at radius 1 is 1.05 bits per heavy atom. The van der Waals surface area contributed by atoms with E-state index in [1.807, 2.05) is 0 Å². The van der Waals surface area contributed by atoms with E-state index in [9.17, 15) is 9.46 Å². The standard InChI is InChI=1S/C9H19N.C4H11O4P/c1-8(2)6-5-7-9(3,4)10-8;1-3-7-9(5,6)8-4-2/h10H,5-7H2,1-4H3;3-4H2,1-2H3,(H,5,6). The lowest BCUT2D eigenvalue weighted by Crippen LogP contribution is -3.04. The van der Waals surface area contributed by atoms with Crippen LogP contribution in [0.4, 0.5) is 0 Å². The molecule has 0 aromatic carbocycles. The van der Waals surface area contributed by atoms with Crippen LogP contribution in [0.3, 0.4) is 0 Å². The van der Waals surface area contributed by atoms with E-state index in [4.69, 9.17) is 0 Å². The molecule has 6 heteroatoms. The maximum Gasteiger partial charge on any atom is 0.267 e. The fraction of sp³-hybridized carbons (Fsp3) is 1.00. The van der Waals surface area contributed by atoms with Crippen molar-refractivity contribution in [3.05, 3.63) is 0 Å². The van der Waals surface area contributed by atoms with Gasteiger partial charge in [-0.2, -0.15) is 0 Å². The van der Waals surface area contributed by atoms with Crippen molar-refractivity contribution in [3.63, 3.8) is 0 Å². The van der Waals surface area contributed by atoms with E-state index in [1.165, 1.54) is 19.3 Å². The number of nitrogens with two attached hydrogens (primary N) is 1. The number of hydrogen-bond acceptors (Lipinski definition) is 4. The van der Waals surface area contributed by atoms with Gasteiger partial charge in [0.25, 0.3) is 7.82 Å². The predicted molar refractivity (Wildman–Crippen MR) is 74.8 cm³/mol. The molecule has 0 spiro atoms. The van der Waals surface area contributed by atoms with E-state index in [2.05, 4.69) is 42.1 Å². The van der Waals surface area contributed by atoms with Crippen LogP contribution in [0.2, 0.25) is 0 Å². The normalized spacial score (nSPS) is 21.4. The lowest BCUT2D eigenvalue weighted by Gasteiger charge is -2.38. The lowest BCUT2D eigenvalue weighted by molar-refractivity contribution is -0.787. The van der Waals surface area contributed by atoms with Crippen molar-refractivity contribution in [1.29, 1.82) is 0 Å². The molecule has 19 heavy (non-hydrogen) atoms. The van der Waals surface area contributed by atoms with Crippen molar-refractivity contribution >= 4 is 7.82 Å². The topological polar surface area (TPSA) is 75.2 Å². The summed E-state index contributed by atoms with van der Waals surface area (Å²) in [7, 11) is -3.94. The van der Waals surface area contributed by atoms with Crippen LogP contribution >= 0.6 is 7.82 Å². The highest BCUT2D eigenvalue weighted by Crippen LogP contribution is 2.37. The maximum atomic E-state index is 10.4. The molecule has 5 nitrogen and oxygen atoms in total. The second-order valence-corrected chi connectivity index (χ2v) is 7.67. The van der Waals surface area contributed by atoms with Crippen LogP contribution in [0.1, 0.15) is 60.8 Å². The van der Waals surface area contributed by atoms with Gasteiger partial charge in [0.15, 0.2) is 0 Å². The molecule has 2 N–H and O–H groups in total. The molecule has 116 valence electrons. The summed E-state index contributed by atoms with van der Waals surface area (Å²) in [4.78, 5) is 10.4. The molecule has 1 aliphatic heterocycles. The summed E-state index contributed by atoms with van der Waals surface area (Å²) in [6.07, 6.45) is 4.14. The number of phosphoric ester groups is 1. The SMILES string of the molecule is CC1(C)CCCC(C)(C)[NH2+]1.CCOP(=O)([O-])OCC. The zero-order valence-corrected chi connectivity index (χ0v) is 14.1. The third-order valence-electron chi connectivity index (χ3n) is 3.00. The van der Waals surface area contributed by atoms with Crippen molar-refractivity contribution in [1.82, 2.24) is 0 Å². The fourth-order valence-electron chi connectivity index (χ4n) is 2.56. The first-order chi connectivity index (χ1) is 8.54. The quantitative estimate of drug-likeness (QED) is 0.803. The van der Waals surface area contributed by atoms with Crippen LogP contribution in [0.5, 0.6) is 0 Å². The first-order valence-electron chi connectivity index (χ1n) is 7.01. The summed E-state index contributed by atoms with van der Waals surface area (Å²) in [6, 6.07) is 0. The summed E-state index contributed by atoms with van der Waals surface area (Å²) < 4.78 is 18.9. The molecule has 1 rings (SSSR count). The van der Waals surface area contributed by atoms with Gasteiger partial charge in [-0.25, -0.2) is 0 Å². The minimum Gasteiger partial charge on any atom is -0.756 e. The molecule has 1 heterocycles. The van der Waals surface area contributed by atoms with Gasteiger partial charge in [0.05, 0.1) is 24.3 Å². The van der Waals surface area contributed by atoms with E-state index in [1.54, 1.807) is 13.8 Å². The molecule has 0 aromatic rings. The maximum absolute atomic E-state index is 10.4. The molecular formula is C13H30NO4P. The lowest BCUT2D eigenvalue weighted by atomic mass is 9.83. The second kappa shape index (κ2) is 7.75. The second-order valence-electron chi connectivity index (χ2n) is 6.26. The summed E-state index contributed by atoms with van der Waals surface area (Å²) in [5, 5.41) is 2.52. The average molecular weight is 295 g/mol. The van der Waals surface area contributed by atoms with Gasteiger partial charge in [-0.05, 0) is 48.0 Å². The highest BCUT2D eigenvalue weighted by atomic mass is 31.2. The number of hydrogen-bond donors (Lipinski definition) is 1. The van der Waals surface area contributed by atoms with E-state index in [0.717, 1.165) is 0 Å². The Hall–Kier alpha value is 0.0700. The Kier molecular flexibility index (Phi) is 7.78. The molecule has 0 saturated carbocycles. The van der Waals surface area contributed by atoms with Crippen LogP contribution in [0, 0.1) is 0 Å². The van der Waals surface area contributed by atoms with Crippen LogP contribution in [-0.4, -0.2) is 24.3 Å². The minimum absolute atomic E-state index is 0.126. The molecule has 1 saturated heterocycles. The van der Waals surface area contributed by atoms with Gasteiger partial charge in [-0.15, -0.1) is 0 Å². The molecule has 1 aliphatic rings. The molecular weight excluding hydrogens is 265 g/mol. The van der Waals surface area contributed by atoms with Crippen LogP contribution < -0.4 is 10.2 Å². The summed E-state index contributed by atoms with van der Waals surface area (Å²) in [5.41, 5.74) is 0.976. The molecule has 1 fully saturated rings. The van der Waals surface area contributed by atoms with Crippen molar-refractivity contribution in [2.75, 3.05) is 13.2 Å². The van der Waals surface area contributed by atoms with E-state index >= 15 is 0 Å². The zero-order valence-electron chi connectivity index (χ0n) is 13.2. The van der Waals surface area contributed by atoms with Gasteiger partial charge in [0, 0.05) is 12.8 Å². The van der Waals surface area contributed by atoms with Crippen molar-refractivity contribution in [2.24, 2.45) is 0 Å². The first kappa shape index (κ1) is 19.1. The van der Waals surface area contributed by atoms with E-state index < -0.39 is 7.82 Å². The Bertz CT molecular complexity index is 281. The van der Waals surface area contributed by atoms with Crippen LogP contribution in [0.25, 0.3) is 0 Å². The van der Waals surface area contributed by atoms with Gasteiger partial charge in [-0.3, -0.25) is 4.57 Å². The third-order valence-corrected chi connectivity index (χ3v) is 4.15. The number of piperidine rings is 1. The highest BCUT2D eigenvalue weighted by molar-refractivity contribution is 7.45. The monoisotopic (exact) mass is 295 g/mol. The van der Waals surface area contributed by atoms with Gasteiger partial charge < -0.3 is 19.3 Å². The van der Waals surface area contributed by atoms with Crippen molar-refractivity contribution in [3.8, 4) is 0 Å². The van der Waals surface area contributed by atoms with Gasteiger partial charge in [-0.1, -0.05) is 0 Å². The predicted octanol–water partition coefficient (Wildman–Crippen LogP) is 1.82. The Labute approximate surface area is 117 Å². The molecule has 0 atom stereocenters. The first-order valence-corrected chi connectivity index (χ1v) is 8.47. The summed E-state index contributed by atoms with van der Waals surface area (Å²) in [6.45, 7) is 12.8. The van der Waals surface area contributed by atoms with Gasteiger partial charge in [0.2, 0.25) is 0 Å². The number of quaternary nitrogens is 1. The zero-order chi connectivity index (χ0) is 15.2. The fourth-order valence-corrected chi connectivity index (χ4v) is 3.26. The van der Waals surface area contributed by atoms with Crippen molar-refractivity contribution < 1.29 is 23.8 Å². The molecule has 0 radical (unpaired) electrons. The molecule has 0 aliphatic carbocycles. The minimum atomic E-state index is -3.94. The van der Waals surface area contributed by atoms with Crippen molar-refractivity contribution in [2.45, 2.75) is 71.9 Å². The third kappa shape index (κ3) is 9.58. The van der Waals surface area contributed by atoms with Crippen LogP contribution in [0.15, 0.2) is 0 Å². The largest absolute Gasteiger partial charge is 0.756 e. The Morgan fingerprint density at radius 3 is 1.63 bits per heavy atom. The molecule has 0 unspecified atom stereocenters. The Morgan fingerprint density at radius 2 is 1.42 bits per heavy atom. The Balaban J connectivity index is 0.000000344. The molecule has 0 amide bonds. The smallest absolute Gasteiger partial charge is 0.267 e. The van der Waals surface area contributed by atoms with Crippen LogP contribution in [-0.2, 0) is 13.6 Å². The molecule has 0 bridgehead atoms.